The Labute approximate surface area is 160 Å². The Morgan fingerprint density at radius 1 is 1.39 bits per heavy atom. The number of anilines is 2. The summed E-state index contributed by atoms with van der Waals surface area (Å²) in [5, 5.41) is 13.8. The zero-order chi connectivity index (χ0) is 19.7. The lowest BCUT2D eigenvalue weighted by Crippen LogP contribution is -2.33. The van der Waals surface area contributed by atoms with E-state index in [0.29, 0.717) is 24.5 Å². The van der Waals surface area contributed by atoms with Gasteiger partial charge in [0.05, 0.1) is 30.5 Å². The van der Waals surface area contributed by atoms with E-state index in [2.05, 4.69) is 20.8 Å². The third-order valence-corrected chi connectivity index (χ3v) is 4.94. The Morgan fingerprint density at radius 3 is 2.96 bits per heavy atom. The zero-order valence-corrected chi connectivity index (χ0v) is 15.3. The van der Waals surface area contributed by atoms with Gasteiger partial charge in [-0.2, -0.15) is 0 Å². The molecule has 4 rings (SSSR count). The van der Waals surface area contributed by atoms with Crippen LogP contribution in [0, 0.1) is 5.82 Å². The molecule has 1 aromatic heterocycles. The molecule has 0 spiro atoms. The number of hydrogen-bond acceptors (Lipinski definition) is 7. The van der Waals surface area contributed by atoms with Crippen LogP contribution < -0.4 is 15.1 Å². The fraction of sp³-hybridized carbons (Fsp3) is 0.471. The maximum atomic E-state index is 14.8. The molecule has 1 unspecified atom stereocenters. The van der Waals surface area contributed by atoms with E-state index in [-0.39, 0.29) is 25.0 Å². The molecule has 0 bridgehead atoms. The van der Waals surface area contributed by atoms with Gasteiger partial charge in [-0.05, 0) is 35.0 Å². The minimum atomic E-state index is -0.553. The monoisotopic (exact) mass is 389 g/mol. The Hall–Kier alpha value is -3.24. The van der Waals surface area contributed by atoms with E-state index in [1.165, 1.54) is 17.9 Å². The van der Waals surface area contributed by atoms with Crippen molar-refractivity contribution in [3.05, 3.63) is 30.3 Å². The Balaban J connectivity index is 1.43. The molecule has 0 radical (unpaired) electrons. The van der Waals surface area contributed by atoms with Crippen LogP contribution in [0.25, 0.3) is 0 Å². The fourth-order valence-corrected chi connectivity index (χ4v) is 3.53. The van der Waals surface area contributed by atoms with Gasteiger partial charge in [0.15, 0.2) is 0 Å². The largest absolute Gasteiger partial charge is 0.442 e. The van der Waals surface area contributed by atoms with Crippen molar-refractivity contribution >= 4 is 23.4 Å². The first-order valence-electron chi connectivity index (χ1n) is 9.01. The van der Waals surface area contributed by atoms with Crippen LogP contribution in [0.5, 0.6) is 0 Å². The van der Waals surface area contributed by atoms with Gasteiger partial charge in [-0.25, -0.2) is 13.9 Å². The molecule has 2 aliphatic rings. The predicted molar refractivity (Wildman–Crippen MR) is 96.4 cm³/mol. The first kappa shape index (κ1) is 18.1. The van der Waals surface area contributed by atoms with Crippen molar-refractivity contribution in [2.45, 2.75) is 25.5 Å². The highest BCUT2D eigenvalue weighted by Crippen LogP contribution is 2.31. The van der Waals surface area contributed by atoms with Crippen LogP contribution in [-0.2, 0) is 9.53 Å². The van der Waals surface area contributed by atoms with Crippen LogP contribution in [0.4, 0.5) is 20.6 Å². The number of cyclic esters (lactones) is 1. The molecule has 1 N–H and O–H groups in total. The molecule has 148 valence electrons. The normalized spacial score (nSPS) is 21.9. The lowest BCUT2D eigenvalue weighted by Gasteiger charge is -2.21. The Morgan fingerprint density at radius 2 is 2.25 bits per heavy atom. The van der Waals surface area contributed by atoms with E-state index in [1.54, 1.807) is 23.1 Å². The van der Waals surface area contributed by atoms with E-state index in [9.17, 15) is 14.0 Å². The maximum absolute atomic E-state index is 14.8. The number of aromatic nitrogens is 4. The SMILES string of the molecule is CC(=O)NC[C@H]1CN(c2ccc(N3CCC(n4cnnn4)C3)c(F)c2)C(=O)O1. The van der Waals surface area contributed by atoms with Crippen LogP contribution in [0.2, 0.25) is 0 Å². The summed E-state index contributed by atoms with van der Waals surface area (Å²) >= 11 is 0. The molecule has 2 saturated heterocycles. The molecule has 11 heteroatoms. The Bertz CT molecular complexity index is 876. The average Bonchev–Trinajstić information content (AvgIpc) is 3.40. The summed E-state index contributed by atoms with van der Waals surface area (Å²) in [5.41, 5.74) is 0.898. The molecule has 2 amide bonds. The van der Waals surface area contributed by atoms with Crippen molar-refractivity contribution in [2.75, 3.05) is 36.0 Å². The highest BCUT2D eigenvalue weighted by molar-refractivity contribution is 5.90. The number of nitrogens with zero attached hydrogens (tertiary/aromatic N) is 6. The van der Waals surface area contributed by atoms with Gasteiger partial charge in [0.1, 0.15) is 18.2 Å². The summed E-state index contributed by atoms with van der Waals surface area (Å²) in [4.78, 5) is 26.4. The summed E-state index contributed by atoms with van der Waals surface area (Å²) in [5.74, 6) is -0.608. The molecule has 2 atom stereocenters. The third kappa shape index (κ3) is 3.59. The van der Waals surface area contributed by atoms with Crippen LogP contribution in [0.3, 0.4) is 0 Å². The fourth-order valence-electron chi connectivity index (χ4n) is 3.53. The van der Waals surface area contributed by atoms with Gasteiger partial charge in [-0.3, -0.25) is 9.69 Å². The zero-order valence-electron chi connectivity index (χ0n) is 15.3. The molecule has 10 nitrogen and oxygen atoms in total. The molecule has 0 saturated carbocycles. The third-order valence-electron chi connectivity index (χ3n) is 4.94. The molecule has 2 aliphatic heterocycles. The second kappa shape index (κ2) is 7.41. The molecule has 2 fully saturated rings. The summed E-state index contributed by atoms with van der Waals surface area (Å²) in [6.07, 6.45) is 1.36. The molecule has 3 heterocycles. The van der Waals surface area contributed by atoms with Crippen LogP contribution >= 0.6 is 0 Å². The first-order chi connectivity index (χ1) is 13.5. The summed E-state index contributed by atoms with van der Waals surface area (Å²) < 4.78 is 21.7. The minimum Gasteiger partial charge on any atom is -0.442 e. The summed E-state index contributed by atoms with van der Waals surface area (Å²) in [6, 6.07) is 4.80. The van der Waals surface area contributed by atoms with Crippen LogP contribution in [-0.4, -0.2) is 64.5 Å². The smallest absolute Gasteiger partial charge is 0.414 e. The number of rotatable bonds is 5. The molecule has 1 aromatic carbocycles. The second-order valence-corrected chi connectivity index (χ2v) is 6.87. The van der Waals surface area contributed by atoms with E-state index >= 15 is 0 Å². The number of carbonyl (C=O) groups excluding carboxylic acids is 2. The van der Waals surface area contributed by atoms with Crippen molar-refractivity contribution in [3.8, 4) is 0 Å². The van der Waals surface area contributed by atoms with E-state index in [1.807, 2.05) is 4.90 Å². The van der Waals surface area contributed by atoms with Crippen molar-refractivity contribution in [1.29, 1.82) is 0 Å². The standard InChI is InChI=1S/C17H20FN7O3/c1-11(26)19-7-14-9-24(17(27)28-14)12-2-3-16(15(18)6-12)23-5-4-13(8-23)25-10-20-21-22-25/h2-3,6,10,13-14H,4-5,7-9H2,1H3,(H,19,26)/t13?,14-/m0/s1. The lowest BCUT2D eigenvalue weighted by molar-refractivity contribution is -0.119. The molecule has 28 heavy (non-hydrogen) atoms. The van der Waals surface area contributed by atoms with Crippen molar-refractivity contribution in [2.24, 2.45) is 0 Å². The van der Waals surface area contributed by atoms with Crippen LogP contribution in [0.15, 0.2) is 24.5 Å². The molecular formula is C17H20FN7O3. The van der Waals surface area contributed by atoms with E-state index in [4.69, 9.17) is 4.74 Å². The topological polar surface area (TPSA) is 105 Å². The van der Waals surface area contributed by atoms with Crippen molar-refractivity contribution in [3.63, 3.8) is 0 Å². The maximum Gasteiger partial charge on any atom is 0.414 e. The summed E-state index contributed by atoms with van der Waals surface area (Å²) in [7, 11) is 0. The molecule has 0 aliphatic carbocycles. The number of amides is 2. The Kier molecular flexibility index (Phi) is 4.80. The van der Waals surface area contributed by atoms with E-state index < -0.39 is 18.0 Å². The molecular weight excluding hydrogens is 369 g/mol. The molecule has 2 aromatic rings. The second-order valence-electron chi connectivity index (χ2n) is 6.87. The number of ether oxygens (including phenoxy) is 1. The summed E-state index contributed by atoms with van der Waals surface area (Å²) in [6.45, 7) is 3.16. The number of tetrazole rings is 1. The number of halogens is 1. The number of nitrogens with one attached hydrogen (secondary N) is 1. The predicted octanol–water partition coefficient (Wildman–Crippen LogP) is 0.725. The van der Waals surface area contributed by atoms with Gasteiger partial charge in [0.2, 0.25) is 5.91 Å². The van der Waals surface area contributed by atoms with Gasteiger partial charge >= 0.3 is 6.09 Å². The van der Waals surface area contributed by atoms with E-state index in [0.717, 1.165) is 6.42 Å². The van der Waals surface area contributed by atoms with Gasteiger partial charge in [-0.1, -0.05) is 0 Å². The van der Waals surface area contributed by atoms with Gasteiger partial charge in [0.25, 0.3) is 0 Å². The van der Waals surface area contributed by atoms with Crippen molar-refractivity contribution < 1.29 is 18.7 Å². The number of benzene rings is 1. The lowest BCUT2D eigenvalue weighted by atomic mass is 10.2. The highest BCUT2D eigenvalue weighted by Gasteiger charge is 2.33. The average molecular weight is 389 g/mol. The number of carbonyl (C=O) groups is 2. The van der Waals surface area contributed by atoms with Gasteiger partial charge < -0.3 is 15.0 Å². The quantitative estimate of drug-likeness (QED) is 0.803. The van der Waals surface area contributed by atoms with Crippen molar-refractivity contribution in [1.82, 2.24) is 25.5 Å². The minimum absolute atomic E-state index is 0.0946. The highest BCUT2D eigenvalue weighted by atomic mass is 19.1. The number of hydrogen-bond donors (Lipinski definition) is 1. The van der Waals surface area contributed by atoms with Gasteiger partial charge in [0, 0.05) is 20.0 Å². The van der Waals surface area contributed by atoms with Crippen LogP contribution in [0.1, 0.15) is 19.4 Å². The van der Waals surface area contributed by atoms with Gasteiger partial charge in [-0.15, -0.1) is 5.10 Å². The first-order valence-corrected chi connectivity index (χ1v) is 9.01.